The predicted octanol–water partition coefficient (Wildman–Crippen LogP) is 3.49. The molecule has 106 valence electrons. The van der Waals surface area contributed by atoms with E-state index in [-0.39, 0.29) is 18.4 Å². The third-order valence-corrected chi connectivity index (χ3v) is 3.42. The molecule has 1 aliphatic heterocycles. The van der Waals surface area contributed by atoms with Crippen LogP contribution in [0.1, 0.15) is 17.5 Å². The summed E-state index contributed by atoms with van der Waals surface area (Å²) < 4.78 is 65.7. The van der Waals surface area contributed by atoms with Crippen LogP contribution in [0.3, 0.4) is 0 Å². The van der Waals surface area contributed by atoms with Crippen molar-refractivity contribution in [2.24, 2.45) is 5.92 Å². The smallest absolute Gasteiger partial charge is 0.311 e. The second kappa shape index (κ2) is 5.07. The molecular weight excluding hydrogens is 265 g/mol. The molecule has 1 fully saturated rings. The molecular formula is C13H14F5N. The number of nitrogens with one attached hydrogen (secondary N) is 1. The topological polar surface area (TPSA) is 12.0 Å². The fourth-order valence-electron chi connectivity index (χ4n) is 2.38. The number of alkyl halides is 5. The molecule has 6 heteroatoms. The SMILES string of the molecule is FC(F)(F)c1ccccc1CC1CCNCC1(F)F. The Morgan fingerprint density at radius 3 is 2.53 bits per heavy atom. The zero-order valence-corrected chi connectivity index (χ0v) is 10.1. The van der Waals surface area contributed by atoms with Gasteiger partial charge in [0.2, 0.25) is 0 Å². The molecule has 1 N–H and O–H groups in total. The molecule has 0 bridgehead atoms. The van der Waals surface area contributed by atoms with Crippen molar-refractivity contribution in [1.82, 2.24) is 5.32 Å². The van der Waals surface area contributed by atoms with E-state index in [0.717, 1.165) is 6.07 Å². The molecule has 0 aliphatic carbocycles. The van der Waals surface area contributed by atoms with Crippen molar-refractivity contribution < 1.29 is 22.0 Å². The lowest BCUT2D eigenvalue weighted by Crippen LogP contribution is -2.46. The van der Waals surface area contributed by atoms with Crippen LogP contribution in [-0.4, -0.2) is 19.0 Å². The van der Waals surface area contributed by atoms with Crippen molar-refractivity contribution in [3.63, 3.8) is 0 Å². The number of hydrogen-bond donors (Lipinski definition) is 1. The first-order chi connectivity index (χ1) is 8.81. The largest absolute Gasteiger partial charge is 0.416 e. The van der Waals surface area contributed by atoms with Crippen LogP contribution >= 0.6 is 0 Å². The minimum absolute atomic E-state index is 0.0541. The van der Waals surface area contributed by atoms with E-state index in [2.05, 4.69) is 5.32 Å². The number of rotatable bonds is 2. The minimum Gasteiger partial charge on any atom is -0.311 e. The van der Waals surface area contributed by atoms with Crippen molar-refractivity contribution in [3.05, 3.63) is 35.4 Å². The first-order valence-electron chi connectivity index (χ1n) is 6.04. The Morgan fingerprint density at radius 2 is 1.89 bits per heavy atom. The molecule has 0 aromatic heterocycles. The first-order valence-corrected chi connectivity index (χ1v) is 6.04. The Bertz CT molecular complexity index is 441. The minimum atomic E-state index is -4.50. The van der Waals surface area contributed by atoms with Crippen LogP contribution in [0.25, 0.3) is 0 Å². The van der Waals surface area contributed by atoms with Crippen molar-refractivity contribution in [2.75, 3.05) is 13.1 Å². The monoisotopic (exact) mass is 279 g/mol. The second-order valence-corrected chi connectivity index (χ2v) is 4.78. The van der Waals surface area contributed by atoms with E-state index in [1.807, 2.05) is 0 Å². The highest BCUT2D eigenvalue weighted by Gasteiger charge is 2.42. The molecule has 0 radical (unpaired) electrons. The summed E-state index contributed by atoms with van der Waals surface area (Å²) in [6.07, 6.45) is -4.57. The summed E-state index contributed by atoms with van der Waals surface area (Å²) >= 11 is 0. The molecule has 1 aliphatic rings. The van der Waals surface area contributed by atoms with Gasteiger partial charge in [-0.25, -0.2) is 8.78 Å². The van der Waals surface area contributed by atoms with Gasteiger partial charge >= 0.3 is 6.18 Å². The van der Waals surface area contributed by atoms with Crippen LogP contribution < -0.4 is 5.32 Å². The van der Waals surface area contributed by atoms with Gasteiger partial charge < -0.3 is 5.32 Å². The zero-order chi connectivity index (χ0) is 14.1. The molecule has 0 saturated carbocycles. The van der Waals surface area contributed by atoms with Gasteiger partial charge in [0.05, 0.1) is 12.1 Å². The van der Waals surface area contributed by atoms with Gasteiger partial charge in [0.25, 0.3) is 5.92 Å². The Kier molecular flexibility index (Phi) is 3.80. The maximum atomic E-state index is 13.6. The Morgan fingerprint density at radius 1 is 1.21 bits per heavy atom. The fraction of sp³-hybridized carbons (Fsp3) is 0.538. The first kappa shape index (κ1) is 14.2. The van der Waals surface area contributed by atoms with Gasteiger partial charge in [-0.2, -0.15) is 13.2 Å². The van der Waals surface area contributed by atoms with Gasteiger partial charge in [0.1, 0.15) is 0 Å². The predicted molar refractivity (Wildman–Crippen MR) is 61.1 cm³/mol. The lowest BCUT2D eigenvalue weighted by atomic mass is 9.86. The van der Waals surface area contributed by atoms with E-state index in [4.69, 9.17) is 0 Å². The van der Waals surface area contributed by atoms with Crippen LogP contribution in [-0.2, 0) is 12.6 Å². The van der Waals surface area contributed by atoms with E-state index in [1.165, 1.54) is 18.2 Å². The van der Waals surface area contributed by atoms with Gasteiger partial charge in [0.15, 0.2) is 0 Å². The normalized spacial score (nSPS) is 23.3. The van der Waals surface area contributed by atoms with Crippen LogP contribution in [0.2, 0.25) is 0 Å². The average Bonchev–Trinajstić information content (AvgIpc) is 2.31. The lowest BCUT2D eigenvalue weighted by Gasteiger charge is -2.32. The zero-order valence-electron chi connectivity index (χ0n) is 10.1. The molecule has 19 heavy (non-hydrogen) atoms. The Labute approximate surface area is 107 Å². The molecule has 1 heterocycles. The summed E-state index contributed by atoms with van der Waals surface area (Å²) in [7, 11) is 0. The second-order valence-electron chi connectivity index (χ2n) is 4.78. The average molecular weight is 279 g/mol. The quantitative estimate of drug-likeness (QED) is 0.817. The molecule has 1 unspecified atom stereocenters. The molecule has 0 amide bonds. The van der Waals surface area contributed by atoms with Gasteiger partial charge in [-0.15, -0.1) is 0 Å². The van der Waals surface area contributed by atoms with E-state index in [9.17, 15) is 22.0 Å². The van der Waals surface area contributed by atoms with Crippen LogP contribution in [0.4, 0.5) is 22.0 Å². The van der Waals surface area contributed by atoms with Crippen molar-refractivity contribution >= 4 is 0 Å². The number of piperidine rings is 1. The summed E-state index contributed by atoms with van der Waals surface area (Å²) in [5, 5.41) is 2.56. The molecule has 0 spiro atoms. The number of halogens is 5. The number of benzene rings is 1. The fourth-order valence-corrected chi connectivity index (χ4v) is 2.38. The summed E-state index contributed by atoms with van der Waals surface area (Å²) in [6, 6.07) is 4.94. The van der Waals surface area contributed by atoms with Crippen molar-refractivity contribution in [3.8, 4) is 0 Å². The lowest BCUT2D eigenvalue weighted by molar-refractivity contribution is -0.138. The molecule has 1 aromatic carbocycles. The van der Waals surface area contributed by atoms with E-state index < -0.39 is 30.1 Å². The van der Waals surface area contributed by atoms with E-state index >= 15 is 0 Å². The van der Waals surface area contributed by atoms with Crippen LogP contribution in [0.15, 0.2) is 24.3 Å². The highest BCUT2D eigenvalue weighted by molar-refractivity contribution is 5.30. The summed E-state index contributed by atoms with van der Waals surface area (Å²) in [6.45, 7) is -0.0553. The van der Waals surface area contributed by atoms with Crippen LogP contribution in [0, 0.1) is 5.92 Å². The van der Waals surface area contributed by atoms with Crippen LogP contribution in [0.5, 0.6) is 0 Å². The molecule has 1 saturated heterocycles. The van der Waals surface area contributed by atoms with Gasteiger partial charge in [0, 0.05) is 5.92 Å². The standard InChI is InChI=1S/C13H14F5N/c14-12(15)8-19-6-5-10(12)7-9-3-1-2-4-11(9)13(16,17)18/h1-4,10,19H,5-8H2. The highest BCUT2D eigenvalue weighted by Crippen LogP contribution is 2.37. The van der Waals surface area contributed by atoms with E-state index in [1.54, 1.807) is 0 Å². The molecule has 2 rings (SSSR count). The Balaban J connectivity index is 2.24. The maximum Gasteiger partial charge on any atom is 0.416 e. The summed E-state index contributed by atoms with van der Waals surface area (Å²) in [5.41, 5.74) is -0.870. The number of hydrogen-bond acceptors (Lipinski definition) is 1. The molecule has 1 nitrogen and oxygen atoms in total. The van der Waals surface area contributed by atoms with Crippen molar-refractivity contribution in [1.29, 1.82) is 0 Å². The van der Waals surface area contributed by atoms with Gasteiger partial charge in [-0.05, 0) is 31.0 Å². The Hall–Kier alpha value is -1.17. The third kappa shape index (κ3) is 3.23. The molecule has 1 atom stereocenters. The van der Waals surface area contributed by atoms with E-state index in [0.29, 0.717) is 6.54 Å². The summed E-state index contributed by atoms with van der Waals surface area (Å²) in [5.74, 6) is -4.01. The third-order valence-electron chi connectivity index (χ3n) is 3.42. The maximum absolute atomic E-state index is 13.6. The van der Waals surface area contributed by atoms with Gasteiger partial charge in [-0.3, -0.25) is 0 Å². The summed E-state index contributed by atoms with van der Waals surface area (Å²) in [4.78, 5) is 0. The highest BCUT2D eigenvalue weighted by atomic mass is 19.4. The van der Waals surface area contributed by atoms with Crippen molar-refractivity contribution in [2.45, 2.75) is 24.9 Å². The van der Waals surface area contributed by atoms with Gasteiger partial charge in [-0.1, -0.05) is 18.2 Å². The molecule has 1 aromatic rings.